The van der Waals surface area contributed by atoms with E-state index < -0.39 is 0 Å². The summed E-state index contributed by atoms with van der Waals surface area (Å²) in [7, 11) is 0. The number of rotatable bonds is 4. The Labute approximate surface area is 154 Å². The second kappa shape index (κ2) is 6.70. The number of nitrogens with zero attached hydrogens (tertiary/aromatic N) is 4. The minimum Gasteiger partial charge on any atom is -0.338 e. The SMILES string of the molecule is Clc1ccc(Nc2nc(Cl)nc3ncn(Cc4ccccc4)c23)cc1. The topological polar surface area (TPSA) is 55.6 Å². The van der Waals surface area contributed by atoms with Gasteiger partial charge in [0, 0.05) is 17.3 Å². The van der Waals surface area contributed by atoms with Crippen molar-refractivity contribution in [2.24, 2.45) is 0 Å². The number of imidazole rings is 1. The molecule has 25 heavy (non-hydrogen) atoms. The van der Waals surface area contributed by atoms with E-state index in [1.54, 1.807) is 6.33 Å². The van der Waals surface area contributed by atoms with Crippen LogP contribution < -0.4 is 5.32 Å². The van der Waals surface area contributed by atoms with Gasteiger partial charge in [-0.25, -0.2) is 4.98 Å². The molecule has 0 aliphatic rings. The van der Waals surface area contributed by atoms with Crippen molar-refractivity contribution in [1.29, 1.82) is 0 Å². The van der Waals surface area contributed by atoms with Gasteiger partial charge in [-0.15, -0.1) is 0 Å². The molecule has 0 saturated carbocycles. The van der Waals surface area contributed by atoms with E-state index in [0.29, 0.717) is 23.0 Å². The van der Waals surface area contributed by atoms with Crippen LogP contribution in [0.3, 0.4) is 0 Å². The fraction of sp³-hybridized carbons (Fsp3) is 0.0556. The Morgan fingerprint density at radius 3 is 2.44 bits per heavy atom. The molecule has 4 rings (SSSR count). The second-order valence-electron chi connectivity index (χ2n) is 5.50. The van der Waals surface area contributed by atoms with E-state index in [1.165, 1.54) is 0 Å². The van der Waals surface area contributed by atoms with Crippen molar-refractivity contribution in [3.63, 3.8) is 0 Å². The van der Waals surface area contributed by atoms with Gasteiger partial charge in [-0.1, -0.05) is 41.9 Å². The summed E-state index contributed by atoms with van der Waals surface area (Å²) in [4.78, 5) is 12.9. The Balaban J connectivity index is 1.77. The molecule has 1 N–H and O–H groups in total. The molecule has 0 atom stereocenters. The molecular weight excluding hydrogens is 357 g/mol. The minimum absolute atomic E-state index is 0.147. The Kier molecular flexibility index (Phi) is 4.26. The van der Waals surface area contributed by atoms with Crippen LogP contribution >= 0.6 is 23.2 Å². The number of fused-ring (bicyclic) bond motifs is 1. The van der Waals surface area contributed by atoms with E-state index in [1.807, 2.05) is 47.0 Å². The number of nitrogens with one attached hydrogen (secondary N) is 1. The van der Waals surface area contributed by atoms with Crippen LogP contribution in [0.25, 0.3) is 11.2 Å². The summed E-state index contributed by atoms with van der Waals surface area (Å²) in [6, 6.07) is 17.5. The van der Waals surface area contributed by atoms with E-state index in [0.717, 1.165) is 16.8 Å². The molecule has 2 aromatic carbocycles. The average molecular weight is 370 g/mol. The maximum Gasteiger partial charge on any atom is 0.226 e. The van der Waals surface area contributed by atoms with E-state index in [9.17, 15) is 0 Å². The molecule has 0 radical (unpaired) electrons. The van der Waals surface area contributed by atoms with Crippen molar-refractivity contribution in [1.82, 2.24) is 19.5 Å². The summed E-state index contributed by atoms with van der Waals surface area (Å²) in [6.45, 7) is 0.664. The molecule has 0 unspecified atom stereocenters. The summed E-state index contributed by atoms with van der Waals surface area (Å²) in [5.41, 5.74) is 3.36. The summed E-state index contributed by atoms with van der Waals surface area (Å²) >= 11 is 12.0. The van der Waals surface area contributed by atoms with Crippen LogP contribution in [-0.4, -0.2) is 19.5 Å². The van der Waals surface area contributed by atoms with Crippen molar-refractivity contribution in [3.05, 3.63) is 76.8 Å². The lowest BCUT2D eigenvalue weighted by Gasteiger charge is -2.10. The van der Waals surface area contributed by atoms with E-state index in [-0.39, 0.29) is 5.28 Å². The fourth-order valence-corrected chi connectivity index (χ4v) is 2.90. The number of halogens is 2. The molecule has 0 spiro atoms. The maximum absolute atomic E-state index is 6.05. The first-order chi connectivity index (χ1) is 12.2. The zero-order valence-electron chi connectivity index (χ0n) is 13.0. The molecule has 0 fully saturated rings. The summed E-state index contributed by atoms with van der Waals surface area (Å²) in [5.74, 6) is 0.603. The predicted octanol–water partition coefficient (Wildman–Crippen LogP) is 4.93. The standard InChI is InChI=1S/C18H13Cl2N5/c19-13-6-8-14(9-7-13)22-17-15-16(23-18(20)24-17)21-11-25(15)10-12-4-2-1-3-5-12/h1-9,11H,10H2,(H,22,23,24). The van der Waals surface area contributed by atoms with Gasteiger partial charge in [-0.3, -0.25) is 0 Å². The number of anilines is 2. The Morgan fingerprint density at radius 1 is 0.920 bits per heavy atom. The van der Waals surface area contributed by atoms with Crippen molar-refractivity contribution in [2.45, 2.75) is 6.54 Å². The summed E-state index contributed by atoms with van der Waals surface area (Å²) in [6.07, 6.45) is 1.75. The van der Waals surface area contributed by atoms with Gasteiger partial charge in [0.25, 0.3) is 0 Å². The normalized spacial score (nSPS) is 11.0. The molecule has 2 heterocycles. The molecule has 0 amide bonds. The first-order valence-electron chi connectivity index (χ1n) is 7.64. The number of hydrogen-bond acceptors (Lipinski definition) is 4. The van der Waals surface area contributed by atoms with E-state index >= 15 is 0 Å². The molecule has 7 heteroatoms. The van der Waals surface area contributed by atoms with Crippen molar-refractivity contribution < 1.29 is 0 Å². The quantitative estimate of drug-likeness (QED) is 0.518. The van der Waals surface area contributed by atoms with Gasteiger partial charge in [-0.05, 0) is 41.4 Å². The Morgan fingerprint density at radius 2 is 1.68 bits per heavy atom. The zero-order chi connectivity index (χ0) is 17.2. The molecule has 0 aliphatic carbocycles. The van der Waals surface area contributed by atoms with Crippen LogP contribution in [0.1, 0.15) is 5.56 Å². The highest BCUT2D eigenvalue weighted by Crippen LogP contribution is 2.26. The van der Waals surface area contributed by atoms with Crippen LogP contribution in [0.4, 0.5) is 11.5 Å². The maximum atomic E-state index is 6.05. The third kappa shape index (κ3) is 3.43. The van der Waals surface area contributed by atoms with Gasteiger partial charge in [0.15, 0.2) is 11.5 Å². The lowest BCUT2D eigenvalue weighted by molar-refractivity contribution is 0.824. The zero-order valence-corrected chi connectivity index (χ0v) is 14.5. The fourth-order valence-electron chi connectivity index (χ4n) is 2.61. The van der Waals surface area contributed by atoms with Gasteiger partial charge in [0.2, 0.25) is 5.28 Å². The third-order valence-electron chi connectivity index (χ3n) is 3.75. The van der Waals surface area contributed by atoms with E-state index in [2.05, 4.69) is 32.4 Å². The average Bonchev–Trinajstić information content (AvgIpc) is 3.00. The van der Waals surface area contributed by atoms with Gasteiger partial charge in [0.1, 0.15) is 5.52 Å². The highest BCUT2D eigenvalue weighted by atomic mass is 35.5. The highest BCUT2D eigenvalue weighted by Gasteiger charge is 2.13. The lowest BCUT2D eigenvalue weighted by Crippen LogP contribution is -2.03. The summed E-state index contributed by atoms with van der Waals surface area (Å²) < 4.78 is 2.00. The van der Waals surface area contributed by atoms with Crippen LogP contribution in [0.5, 0.6) is 0 Å². The highest BCUT2D eigenvalue weighted by molar-refractivity contribution is 6.30. The minimum atomic E-state index is 0.147. The first-order valence-corrected chi connectivity index (χ1v) is 8.39. The van der Waals surface area contributed by atoms with E-state index in [4.69, 9.17) is 23.2 Å². The summed E-state index contributed by atoms with van der Waals surface area (Å²) in [5, 5.41) is 4.09. The van der Waals surface area contributed by atoms with Crippen LogP contribution in [0, 0.1) is 0 Å². The molecular formula is C18H13Cl2N5. The molecule has 4 aromatic rings. The van der Waals surface area contributed by atoms with Crippen LogP contribution in [0.2, 0.25) is 10.3 Å². The number of benzene rings is 2. The van der Waals surface area contributed by atoms with Crippen molar-refractivity contribution in [2.75, 3.05) is 5.32 Å². The van der Waals surface area contributed by atoms with Crippen LogP contribution in [-0.2, 0) is 6.54 Å². The Bertz CT molecular complexity index is 1010. The second-order valence-corrected chi connectivity index (χ2v) is 6.28. The lowest BCUT2D eigenvalue weighted by atomic mass is 10.2. The van der Waals surface area contributed by atoms with Crippen LogP contribution in [0.15, 0.2) is 60.9 Å². The molecule has 0 aliphatic heterocycles. The van der Waals surface area contributed by atoms with Gasteiger partial charge in [0.05, 0.1) is 6.33 Å². The number of hydrogen-bond donors (Lipinski definition) is 1. The largest absolute Gasteiger partial charge is 0.338 e. The van der Waals surface area contributed by atoms with Gasteiger partial charge >= 0.3 is 0 Å². The molecule has 124 valence electrons. The molecule has 2 aromatic heterocycles. The Hall–Kier alpha value is -2.63. The van der Waals surface area contributed by atoms with Gasteiger partial charge < -0.3 is 9.88 Å². The van der Waals surface area contributed by atoms with Crippen molar-refractivity contribution >= 4 is 45.9 Å². The number of aromatic nitrogens is 4. The first kappa shape index (κ1) is 15.9. The predicted molar refractivity (Wildman–Crippen MR) is 101 cm³/mol. The molecule has 0 saturated heterocycles. The van der Waals surface area contributed by atoms with Crippen molar-refractivity contribution in [3.8, 4) is 0 Å². The molecule has 5 nitrogen and oxygen atoms in total. The monoisotopic (exact) mass is 369 g/mol. The molecule has 0 bridgehead atoms. The van der Waals surface area contributed by atoms with Gasteiger partial charge in [-0.2, -0.15) is 9.97 Å². The smallest absolute Gasteiger partial charge is 0.226 e. The third-order valence-corrected chi connectivity index (χ3v) is 4.17.